The van der Waals surface area contributed by atoms with Crippen molar-refractivity contribution < 1.29 is 9.32 Å². The third-order valence-electron chi connectivity index (χ3n) is 4.08. The number of fused-ring (bicyclic) bond motifs is 1. The quantitative estimate of drug-likeness (QED) is 0.930. The molecule has 6 nitrogen and oxygen atoms in total. The van der Waals surface area contributed by atoms with Crippen molar-refractivity contribution in [1.82, 2.24) is 20.0 Å². The average molecular weight is 288 g/mol. The molecular formula is C15H20N4O2. The second kappa shape index (κ2) is 5.71. The maximum atomic E-state index is 12.3. The molecule has 0 spiro atoms. The number of aromatic nitrogens is 3. The lowest BCUT2D eigenvalue weighted by Crippen LogP contribution is -2.33. The molecule has 2 aromatic heterocycles. The Kier molecular flexibility index (Phi) is 3.77. The molecule has 6 heteroatoms. The average Bonchev–Trinajstić information content (AvgIpc) is 3.10. The molecule has 3 heterocycles. The lowest BCUT2D eigenvalue weighted by molar-refractivity contribution is 0.0942. The van der Waals surface area contributed by atoms with Crippen molar-refractivity contribution in [3.63, 3.8) is 0 Å². The van der Waals surface area contributed by atoms with E-state index in [0.29, 0.717) is 35.9 Å². The standard InChI is InChI=1S/C15H20N4O2/c1-3-12-14(10(2)18-21-12)15(20)17-9-11-4-6-19-7-5-16-13(19)8-11/h5,7,11H,3-4,6,8-9H2,1-2H3,(H,17,20)/t11-/m1/s1. The maximum absolute atomic E-state index is 12.3. The molecule has 1 aliphatic heterocycles. The number of hydrogen-bond acceptors (Lipinski definition) is 4. The van der Waals surface area contributed by atoms with Crippen molar-refractivity contribution in [3.8, 4) is 0 Å². The van der Waals surface area contributed by atoms with Gasteiger partial charge in [0.1, 0.15) is 17.1 Å². The number of aryl methyl sites for hydroxylation is 3. The van der Waals surface area contributed by atoms with Gasteiger partial charge in [0, 0.05) is 38.3 Å². The molecule has 0 saturated carbocycles. The molecule has 112 valence electrons. The van der Waals surface area contributed by atoms with Crippen LogP contribution in [0.4, 0.5) is 0 Å². The number of rotatable bonds is 4. The summed E-state index contributed by atoms with van der Waals surface area (Å²) in [6.45, 7) is 5.40. The van der Waals surface area contributed by atoms with Crippen molar-refractivity contribution in [1.29, 1.82) is 0 Å². The highest BCUT2D eigenvalue weighted by Crippen LogP contribution is 2.19. The summed E-state index contributed by atoms with van der Waals surface area (Å²) < 4.78 is 7.35. The lowest BCUT2D eigenvalue weighted by atomic mass is 9.97. The molecule has 0 aliphatic carbocycles. The summed E-state index contributed by atoms with van der Waals surface area (Å²) in [6.07, 6.45) is 6.50. The van der Waals surface area contributed by atoms with E-state index >= 15 is 0 Å². The minimum Gasteiger partial charge on any atom is -0.360 e. The zero-order valence-electron chi connectivity index (χ0n) is 12.4. The van der Waals surface area contributed by atoms with Crippen LogP contribution in [0.3, 0.4) is 0 Å². The topological polar surface area (TPSA) is 73.0 Å². The highest BCUT2D eigenvalue weighted by molar-refractivity contribution is 5.96. The van der Waals surface area contributed by atoms with Crippen molar-refractivity contribution in [2.75, 3.05) is 6.54 Å². The smallest absolute Gasteiger partial charge is 0.256 e. The van der Waals surface area contributed by atoms with Gasteiger partial charge in [0.25, 0.3) is 5.91 Å². The van der Waals surface area contributed by atoms with E-state index in [4.69, 9.17) is 4.52 Å². The zero-order chi connectivity index (χ0) is 14.8. The van der Waals surface area contributed by atoms with Crippen molar-refractivity contribution in [2.45, 2.75) is 39.7 Å². The molecule has 0 unspecified atom stereocenters. The Morgan fingerprint density at radius 2 is 2.43 bits per heavy atom. The number of carbonyl (C=O) groups is 1. The van der Waals surface area contributed by atoms with Crippen molar-refractivity contribution in [2.24, 2.45) is 5.92 Å². The van der Waals surface area contributed by atoms with Crippen LogP contribution in [-0.2, 0) is 19.4 Å². The normalized spacial score (nSPS) is 17.5. The number of hydrogen-bond donors (Lipinski definition) is 1. The summed E-state index contributed by atoms with van der Waals surface area (Å²) in [5, 5.41) is 6.89. The first-order valence-corrected chi connectivity index (χ1v) is 7.42. The van der Waals surface area contributed by atoms with Crippen molar-refractivity contribution in [3.05, 3.63) is 35.2 Å². The molecule has 0 radical (unpaired) electrons. The molecule has 1 aliphatic rings. The Balaban J connectivity index is 1.61. The van der Waals surface area contributed by atoms with Crippen LogP contribution in [0.5, 0.6) is 0 Å². The van der Waals surface area contributed by atoms with E-state index in [1.807, 2.05) is 19.3 Å². The third-order valence-corrected chi connectivity index (χ3v) is 4.08. The summed E-state index contributed by atoms with van der Waals surface area (Å²) in [7, 11) is 0. The lowest BCUT2D eigenvalue weighted by Gasteiger charge is -2.23. The van der Waals surface area contributed by atoms with E-state index in [9.17, 15) is 4.79 Å². The van der Waals surface area contributed by atoms with Gasteiger partial charge in [-0.1, -0.05) is 12.1 Å². The molecule has 1 amide bonds. The monoisotopic (exact) mass is 288 g/mol. The van der Waals surface area contributed by atoms with Gasteiger partial charge in [0.05, 0.1) is 5.69 Å². The van der Waals surface area contributed by atoms with Crippen LogP contribution < -0.4 is 5.32 Å². The Morgan fingerprint density at radius 3 is 3.24 bits per heavy atom. The van der Waals surface area contributed by atoms with E-state index in [1.54, 1.807) is 6.92 Å². The number of amides is 1. The molecule has 0 fully saturated rings. The predicted molar refractivity (Wildman–Crippen MR) is 77.0 cm³/mol. The molecule has 0 bridgehead atoms. The highest BCUT2D eigenvalue weighted by Gasteiger charge is 2.22. The molecular weight excluding hydrogens is 268 g/mol. The van der Waals surface area contributed by atoms with Crippen LogP contribution in [0.15, 0.2) is 16.9 Å². The van der Waals surface area contributed by atoms with Crippen LogP contribution in [-0.4, -0.2) is 27.2 Å². The Morgan fingerprint density at radius 1 is 1.57 bits per heavy atom. The van der Waals surface area contributed by atoms with Crippen LogP contribution in [0, 0.1) is 12.8 Å². The fourth-order valence-electron chi connectivity index (χ4n) is 2.86. The second-order valence-electron chi connectivity index (χ2n) is 5.53. The van der Waals surface area contributed by atoms with Crippen LogP contribution in [0.1, 0.15) is 41.0 Å². The molecule has 3 rings (SSSR count). The first-order valence-electron chi connectivity index (χ1n) is 7.42. The SMILES string of the molecule is CCc1onc(C)c1C(=O)NC[C@@H]1CCn2ccnc2C1. The molecule has 2 aromatic rings. The van der Waals surface area contributed by atoms with Gasteiger partial charge >= 0.3 is 0 Å². The van der Waals surface area contributed by atoms with Gasteiger partial charge in [-0.05, 0) is 19.3 Å². The Bertz CT molecular complexity index is 644. The van der Waals surface area contributed by atoms with E-state index in [1.165, 1.54) is 0 Å². The fourth-order valence-corrected chi connectivity index (χ4v) is 2.86. The van der Waals surface area contributed by atoms with Gasteiger partial charge in [0.2, 0.25) is 0 Å². The minimum atomic E-state index is -0.0838. The van der Waals surface area contributed by atoms with Gasteiger partial charge in [-0.25, -0.2) is 4.98 Å². The minimum absolute atomic E-state index is 0.0838. The molecule has 0 saturated heterocycles. The Hall–Kier alpha value is -2.11. The summed E-state index contributed by atoms with van der Waals surface area (Å²) in [5.74, 6) is 2.12. The predicted octanol–water partition coefficient (Wildman–Crippen LogP) is 1.73. The number of imidazole rings is 1. The molecule has 21 heavy (non-hydrogen) atoms. The first kappa shape index (κ1) is 13.9. The fraction of sp³-hybridized carbons (Fsp3) is 0.533. The highest BCUT2D eigenvalue weighted by atomic mass is 16.5. The van der Waals surface area contributed by atoms with Crippen LogP contribution in [0.25, 0.3) is 0 Å². The first-order chi connectivity index (χ1) is 10.2. The number of carbonyl (C=O) groups excluding carboxylic acids is 1. The Labute approximate surface area is 123 Å². The molecule has 0 aromatic carbocycles. The summed E-state index contributed by atoms with van der Waals surface area (Å²) in [6, 6.07) is 0. The molecule has 1 atom stereocenters. The van der Waals surface area contributed by atoms with Gasteiger partial charge < -0.3 is 14.4 Å². The third kappa shape index (κ3) is 2.70. The van der Waals surface area contributed by atoms with E-state index in [-0.39, 0.29) is 5.91 Å². The number of nitrogens with one attached hydrogen (secondary N) is 1. The van der Waals surface area contributed by atoms with Crippen LogP contribution in [0.2, 0.25) is 0 Å². The van der Waals surface area contributed by atoms with Crippen molar-refractivity contribution >= 4 is 5.91 Å². The van der Waals surface area contributed by atoms with Crippen LogP contribution >= 0.6 is 0 Å². The largest absolute Gasteiger partial charge is 0.360 e. The zero-order valence-corrected chi connectivity index (χ0v) is 12.4. The van der Waals surface area contributed by atoms with E-state index < -0.39 is 0 Å². The van der Waals surface area contributed by atoms with E-state index in [0.717, 1.165) is 25.2 Å². The van der Waals surface area contributed by atoms with Gasteiger partial charge in [0.15, 0.2) is 0 Å². The summed E-state index contributed by atoms with van der Waals surface area (Å²) in [5.41, 5.74) is 1.25. The van der Waals surface area contributed by atoms with Gasteiger partial charge in [-0.15, -0.1) is 0 Å². The molecule has 1 N–H and O–H groups in total. The van der Waals surface area contributed by atoms with Gasteiger partial charge in [-0.3, -0.25) is 4.79 Å². The number of nitrogens with zero attached hydrogens (tertiary/aromatic N) is 3. The summed E-state index contributed by atoms with van der Waals surface area (Å²) >= 11 is 0. The summed E-state index contributed by atoms with van der Waals surface area (Å²) in [4.78, 5) is 16.7. The second-order valence-corrected chi connectivity index (χ2v) is 5.53. The van der Waals surface area contributed by atoms with E-state index in [2.05, 4.69) is 20.0 Å². The van der Waals surface area contributed by atoms with Gasteiger partial charge in [-0.2, -0.15) is 0 Å². The maximum Gasteiger partial charge on any atom is 0.256 e.